The van der Waals surface area contributed by atoms with E-state index in [1.165, 1.54) is 6.20 Å². The third-order valence-corrected chi connectivity index (χ3v) is 6.27. The summed E-state index contributed by atoms with van der Waals surface area (Å²) in [6.45, 7) is 1.99. The van der Waals surface area contributed by atoms with E-state index >= 15 is 0 Å². The minimum absolute atomic E-state index is 0.116. The maximum Gasteiger partial charge on any atom is 0.573 e. The molecule has 3 aromatic heterocycles. The molecule has 3 aromatic rings. The molecule has 5 heterocycles. The predicted octanol–water partition coefficient (Wildman–Crippen LogP) is 3.68. The molecule has 12 heteroatoms. The van der Waals surface area contributed by atoms with Gasteiger partial charge in [0, 0.05) is 55.9 Å². The molecule has 2 fully saturated rings. The second-order valence-electron chi connectivity index (χ2n) is 8.50. The molecule has 1 spiro atoms. The topological polar surface area (TPSA) is 105 Å². The van der Waals surface area contributed by atoms with Crippen molar-refractivity contribution in [2.75, 3.05) is 29.9 Å². The molecular formula is C23H22F3N7O2. The van der Waals surface area contributed by atoms with Gasteiger partial charge in [-0.1, -0.05) is 0 Å². The Morgan fingerprint density at radius 2 is 1.89 bits per heavy atom. The number of halogens is 3. The number of aromatic nitrogens is 4. The van der Waals surface area contributed by atoms with Gasteiger partial charge >= 0.3 is 6.36 Å². The number of hydrogen-bond donors (Lipinski definition) is 2. The van der Waals surface area contributed by atoms with Crippen LogP contribution in [0.1, 0.15) is 19.3 Å². The van der Waals surface area contributed by atoms with E-state index in [2.05, 4.69) is 35.2 Å². The third-order valence-electron chi connectivity index (χ3n) is 6.27. The zero-order valence-corrected chi connectivity index (χ0v) is 18.5. The van der Waals surface area contributed by atoms with Crippen molar-refractivity contribution in [3.8, 4) is 17.1 Å². The second-order valence-corrected chi connectivity index (χ2v) is 8.50. The Labute approximate surface area is 198 Å². The van der Waals surface area contributed by atoms with Crippen LogP contribution >= 0.6 is 0 Å². The Morgan fingerprint density at radius 3 is 2.57 bits per heavy atom. The Hall–Kier alpha value is -3.96. The summed E-state index contributed by atoms with van der Waals surface area (Å²) in [6, 6.07) is 7.56. The normalized spacial score (nSPS) is 17.3. The van der Waals surface area contributed by atoms with Crippen molar-refractivity contribution in [1.29, 1.82) is 0 Å². The SMILES string of the molecule is O=C1NCCC12CCN(c1cc(Nc3cc(OC(F)(F)F)ccn3)nc(-c3cccnc3)n1)CC2. The summed E-state index contributed by atoms with van der Waals surface area (Å²) >= 11 is 0. The van der Waals surface area contributed by atoms with Crippen molar-refractivity contribution in [3.63, 3.8) is 0 Å². The van der Waals surface area contributed by atoms with E-state index in [1.807, 2.05) is 6.07 Å². The lowest BCUT2D eigenvalue weighted by Crippen LogP contribution is -2.44. The number of nitrogens with zero attached hydrogens (tertiary/aromatic N) is 5. The Balaban J connectivity index is 1.43. The summed E-state index contributed by atoms with van der Waals surface area (Å²) in [6.07, 6.45) is 1.93. The highest BCUT2D eigenvalue weighted by Gasteiger charge is 2.44. The van der Waals surface area contributed by atoms with Gasteiger partial charge in [0.05, 0.1) is 5.41 Å². The lowest BCUT2D eigenvalue weighted by atomic mass is 9.77. The van der Waals surface area contributed by atoms with Crippen LogP contribution < -0.4 is 20.3 Å². The molecule has 2 aliphatic heterocycles. The zero-order valence-electron chi connectivity index (χ0n) is 18.5. The average Bonchev–Trinajstić information content (AvgIpc) is 3.18. The summed E-state index contributed by atoms with van der Waals surface area (Å²) in [5.41, 5.74) is 0.364. The first kappa shape index (κ1) is 22.8. The summed E-state index contributed by atoms with van der Waals surface area (Å²) in [5.74, 6) is 1.24. The number of amides is 1. The molecule has 0 aliphatic carbocycles. The van der Waals surface area contributed by atoms with Crippen molar-refractivity contribution in [2.45, 2.75) is 25.6 Å². The van der Waals surface area contributed by atoms with Crippen LogP contribution in [0.25, 0.3) is 11.4 Å². The van der Waals surface area contributed by atoms with Gasteiger partial charge in [-0.25, -0.2) is 15.0 Å². The molecule has 9 nitrogen and oxygen atoms in total. The minimum Gasteiger partial charge on any atom is -0.406 e. The lowest BCUT2D eigenvalue weighted by molar-refractivity contribution is -0.274. The molecular weight excluding hydrogens is 463 g/mol. The molecule has 1 amide bonds. The van der Waals surface area contributed by atoms with Gasteiger partial charge < -0.3 is 20.3 Å². The molecule has 0 aromatic carbocycles. The maximum absolute atomic E-state index is 12.6. The van der Waals surface area contributed by atoms with Crippen LogP contribution in [0.5, 0.6) is 5.75 Å². The van der Waals surface area contributed by atoms with Gasteiger partial charge in [-0.05, 0) is 37.5 Å². The van der Waals surface area contributed by atoms with Crippen LogP contribution in [0.4, 0.5) is 30.6 Å². The number of piperidine rings is 1. The highest BCUT2D eigenvalue weighted by Crippen LogP contribution is 2.39. The van der Waals surface area contributed by atoms with Gasteiger partial charge in [-0.3, -0.25) is 9.78 Å². The van der Waals surface area contributed by atoms with E-state index in [1.54, 1.807) is 24.5 Å². The summed E-state index contributed by atoms with van der Waals surface area (Å²) in [7, 11) is 0. The fraction of sp³-hybridized carbons (Fsp3) is 0.348. The molecule has 2 saturated heterocycles. The smallest absolute Gasteiger partial charge is 0.406 e. The third kappa shape index (κ3) is 5.10. The van der Waals surface area contributed by atoms with E-state index in [-0.39, 0.29) is 17.1 Å². The minimum atomic E-state index is -4.81. The summed E-state index contributed by atoms with van der Waals surface area (Å²) in [5, 5.41) is 5.89. The first-order chi connectivity index (χ1) is 16.8. The Kier molecular flexibility index (Phi) is 5.87. The van der Waals surface area contributed by atoms with Crippen molar-refractivity contribution >= 4 is 23.4 Å². The molecule has 0 bridgehead atoms. The van der Waals surface area contributed by atoms with Gasteiger partial charge in [-0.2, -0.15) is 0 Å². The maximum atomic E-state index is 12.6. The van der Waals surface area contributed by atoms with Gasteiger partial charge in [0.25, 0.3) is 0 Å². The van der Waals surface area contributed by atoms with Crippen LogP contribution in [0, 0.1) is 5.41 Å². The van der Waals surface area contributed by atoms with Crippen LogP contribution in [-0.4, -0.2) is 51.8 Å². The van der Waals surface area contributed by atoms with Gasteiger partial charge in [0.1, 0.15) is 23.2 Å². The van der Waals surface area contributed by atoms with Crippen molar-refractivity contribution in [2.24, 2.45) is 5.41 Å². The summed E-state index contributed by atoms with van der Waals surface area (Å²) in [4.78, 5) is 31.9. The molecule has 0 saturated carbocycles. The van der Waals surface area contributed by atoms with Gasteiger partial charge in [0.2, 0.25) is 5.91 Å². The molecule has 0 atom stereocenters. The van der Waals surface area contributed by atoms with Crippen LogP contribution in [0.15, 0.2) is 48.9 Å². The second kappa shape index (κ2) is 9.01. The predicted molar refractivity (Wildman–Crippen MR) is 121 cm³/mol. The van der Waals surface area contributed by atoms with E-state index in [9.17, 15) is 18.0 Å². The van der Waals surface area contributed by atoms with E-state index < -0.39 is 12.1 Å². The number of carbonyl (C=O) groups is 1. The van der Waals surface area contributed by atoms with Gasteiger partial charge in [-0.15, -0.1) is 13.2 Å². The number of hydrogen-bond acceptors (Lipinski definition) is 8. The fourth-order valence-electron chi connectivity index (χ4n) is 4.45. The molecule has 182 valence electrons. The molecule has 2 aliphatic rings. The quantitative estimate of drug-likeness (QED) is 0.564. The lowest BCUT2D eigenvalue weighted by Gasteiger charge is -2.38. The van der Waals surface area contributed by atoms with Crippen molar-refractivity contribution < 1.29 is 22.7 Å². The summed E-state index contributed by atoms with van der Waals surface area (Å²) < 4.78 is 41.8. The zero-order chi connectivity index (χ0) is 24.5. The Morgan fingerprint density at radius 1 is 1.06 bits per heavy atom. The average molecular weight is 485 g/mol. The number of pyridine rings is 2. The number of nitrogens with one attached hydrogen (secondary N) is 2. The van der Waals surface area contributed by atoms with Crippen molar-refractivity contribution in [3.05, 3.63) is 48.9 Å². The molecule has 0 unspecified atom stereocenters. The number of alkyl halides is 3. The van der Waals surface area contributed by atoms with Crippen LogP contribution in [0.2, 0.25) is 0 Å². The van der Waals surface area contributed by atoms with E-state index in [4.69, 9.17) is 4.98 Å². The molecule has 35 heavy (non-hydrogen) atoms. The number of carbonyl (C=O) groups excluding carboxylic acids is 1. The van der Waals surface area contributed by atoms with E-state index in [0.29, 0.717) is 55.5 Å². The fourth-order valence-corrected chi connectivity index (χ4v) is 4.45. The monoisotopic (exact) mass is 485 g/mol. The number of rotatable bonds is 5. The molecule has 0 radical (unpaired) electrons. The van der Waals surface area contributed by atoms with Crippen LogP contribution in [-0.2, 0) is 4.79 Å². The highest BCUT2D eigenvalue weighted by molar-refractivity contribution is 5.85. The highest BCUT2D eigenvalue weighted by atomic mass is 19.4. The first-order valence-corrected chi connectivity index (χ1v) is 11.1. The number of anilines is 3. The largest absolute Gasteiger partial charge is 0.573 e. The standard InChI is InChI=1S/C23H22F3N7O2/c24-23(25,26)35-16-3-8-28-17(12-16)30-18-13-19(32-20(31-18)15-2-1-7-27-14-15)33-10-5-22(6-11-33)4-9-29-21(22)34/h1-3,7-8,12-14H,4-6,9-11H2,(H,29,34)(H,28,30,31,32). The molecule has 5 rings (SSSR count). The first-order valence-electron chi connectivity index (χ1n) is 11.1. The number of ether oxygens (including phenoxy) is 1. The van der Waals surface area contributed by atoms with Crippen LogP contribution in [0.3, 0.4) is 0 Å². The van der Waals surface area contributed by atoms with E-state index in [0.717, 1.165) is 18.6 Å². The molecule has 2 N–H and O–H groups in total. The van der Waals surface area contributed by atoms with Crippen molar-refractivity contribution in [1.82, 2.24) is 25.3 Å². The Bertz CT molecular complexity index is 1220. The van der Waals surface area contributed by atoms with Gasteiger partial charge in [0.15, 0.2) is 5.82 Å².